The number of rotatable bonds is 7. The lowest BCUT2D eigenvalue weighted by molar-refractivity contribution is 0.483. The Morgan fingerprint density at radius 1 is 0.708 bits per heavy atom. The van der Waals surface area contributed by atoms with Crippen LogP contribution in [0.1, 0.15) is 43.0 Å². The van der Waals surface area contributed by atoms with Gasteiger partial charge < -0.3 is 4.74 Å². The van der Waals surface area contributed by atoms with Crippen LogP contribution in [0.4, 0.5) is 0 Å². The second-order valence-corrected chi connectivity index (χ2v) is 14.9. The molecule has 3 aromatic heterocycles. The van der Waals surface area contributed by atoms with Crippen molar-refractivity contribution in [2.24, 2.45) is 0 Å². The van der Waals surface area contributed by atoms with Crippen molar-refractivity contribution in [3.05, 3.63) is 120 Å². The van der Waals surface area contributed by atoms with E-state index in [1.807, 2.05) is 41.3 Å². The predicted molar refractivity (Wildman–Crippen MR) is 204 cm³/mol. The normalized spacial score (nSPS) is 11.9. The first-order valence-electron chi connectivity index (χ1n) is 16.1. The number of thioether (sulfide) groups is 2. The molecule has 7 heteroatoms. The molecule has 0 N–H and O–H groups in total. The van der Waals surface area contributed by atoms with Crippen LogP contribution < -0.4 is 4.74 Å². The molecule has 242 valence electrons. The fourth-order valence-electron chi connectivity index (χ4n) is 6.56. The SMILES string of the molecule is CSc1c(C)c(C)c(C)c(SC)c1-c1cnn(-c2cccc(Oc3ccc4c5ccccc5n(-c5cc(C(C)(C)C)ccn5)c4c3)c2)c1. The molecule has 0 radical (unpaired) electrons. The Balaban J connectivity index is 1.26. The maximum Gasteiger partial charge on any atom is 0.137 e. The summed E-state index contributed by atoms with van der Waals surface area (Å²) in [6, 6.07) is 27.2. The highest BCUT2D eigenvalue weighted by Gasteiger charge is 2.21. The molecule has 0 saturated heterocycles. The van der Waals surface area contributed by atoms with Gasteiger partial charge in [-0.05, 0) is 103 Å². The standard InChI is InChI=1S/C41H40N4OS2/c1-25-26(2)39(47-7)38(40(48-8)27(25)3)28-23-43-44(24-28)30-12-11-13-31(21-30)46-32-16-17-34-33-14-9-10-15-35(33)45(36(34)22-32)37-20-29(18-19-42-37)41(4,5)6/h9-24H,1-8H3. The lowest BCUT2D eigenvalue weighted by Crippen LogP contribution is -2.12. The van der Waals surface area contributed by atoms with Crippen LogP contribution in [0, 0.1) is 20.8 Å². The van der Waals surface area contributed by atoms with E-state index in [1.54, 1.807) is 23.5 Å². The summed E-state index contributed by atoms with van der Waals surface area (Å²) >= 11 is 3.61. The zero-order valence-corrected chi connectivity index (χ0v) is 30.4. The van der Waals surface area contributed by atoms with Crippen LogP contribution in [-0.4, -0.2) is 31.8 Å². The van der Waals surface area contributed by atoms with Gasteiger partial charge in [-0.3, -0.25) is 4.57 Å². The quantitative estimate of drug-likeness (QED) is 0.158. The van der Waals surface area contributed by atoms with Gasteiger partial charge in [0.1, 0.15) is 17.3 Å². The highest BCUT2D eigenvalue weighted by molar-refractivity contribution is 7.99. The van der Waals surface area contributed by atoms with E-state index in [0.29, 0.717) is 0 Å². The highest BCUT2D eigenvalue weighted by Crippen LogP contribution is 2.44. The van der Waals surface area contributed by atoms with Gasteiger partial charge in [0, 0.05) is 56.2 Å². The van der Waals surface area contributed by atoms with Gasteiger partial charge in [-0.2, -0.15) is 5.10 Å². The second-order valence-electron chi connectivity index (χ2n) is 13.3. The van der Waals surface area contributed by atoms with Crippen molar-refractivity contribution in [2.45, 2.75) is 56.7 Å². The lowest BCUT2D eigenvalue weighted by Gasteiger charge is -2.20. The van der Waals surface area contributed by atoms with Gasteiger partial charge in [-0.1, -0.05) is 45.0 Å². The van der Waals surface area contributed by atoms with E-state index in [9.17, 15) is 0 Å². The molecule has 0 aliphatic heterocycles. The third kappa shape index (κ3) is 5.59. The van der Waals surface area contributed by atoms with Gasteiger partial charge in [0.15, 0.2) is 0 Å². The van der Waals surface area contributed by atoms with Crippen molar-refractivity contribution < 1.29 is 4.74 Å². The Bertz CT molecular complexity index is 2300. The molecule has 0 amide bonds. The van der Waals surface area contributed by atoms with Crippen molar-refractivity contribution in [3.63, 3.8) is 0 Å². The molecule has 4 aromatic carbocycles. The van der Waals surface area contributed by atoms with Crippen molar-refractivity contribution in [1.29, 1.82) is 0 Å². The number of para-hydroxylation sites is 1. The number of aromatic nitrogens is 4. The van der Waals surface area contributed by atoms with Crippen LogP contribution in [0.15, 0.2) is 107 Å². The first-order chi connectivity index (χ1) is 23.1. The molecule has 0 saturated carbocycles. The van der Waals surface area contributed by atoms with Crippen LogP contribution in [0.5, 0.6) is 11.5 Å². The van der Waals surface area contributed by atoms with Crippen molar-refractivity contribution >= 4 is 45.3 Å². The molecule has 0 spiro atoms. The van der Waals surface area contributed by atoms with E-state index in [0.717, 1.165) is 45.0 Å². The second kappa shape index (κ2) is 12.5. The fraction of sp³-hybridized carbons (Fsp3) is 0.220. The highest BCUT2D eigenvalue weighted by atomic mass is 32.2. The lowest BCUT2D eigenvalue weighted by atomic mass is 9.88. The number of hydrogen-bond acceptors (Lipinski definition) is 5. The van der Waals surface area contributed by atoms with Crippen LogP contribution in [0.2, 0.25) is 0 Å². The summed E-state index contributed by atoms with van der Waals surface area (Å²) in [5.74, 6) is 2.41. The summed E-state index contributed by atoms with van der Waals surface area (Å²) in [5.41, 5.74) is 10.8. The predicted octanol–water partition coefficient (Wildman–Crippen LogP) is 11.5. The molecule has 3 heterocycles. The minimum absolute atomic E-state index is 0.0115. The molecule has 0 unspecified atom stereocenters. The maximum absolute atomic E-state index is 6.54. The summed E-state index contributed by atoms with van der Waals surface area (Å²) in [6.07, 6.45) is 10.3. The molecule has 0 fully saturated rings. The van der Waals surface area contributed by atoms with Crippen LogP contribution in [0.3, 0.4) is 0 Å². The zero-order chi connectivity index (χ0) is 33.7. The maximum atomic E-state index is 6.54. The average molecular weight is 669 g/mol. The molecule has 0 aliphatic carbocycles. The summed E-state index contributed by atoms with van der Waals surface area (Å²) in [5, 5.41) is 7.16. The Kier molecular flexibility index (Phi) is 8.38. The minimum Gasteiger partial charge on any atom is -0.457 e. The van der Waals surface area contributed by atoms with E-state index in [4.69, 9.17) is 14.8 Å². The number of ether oxygens (including phenoxy) is 1. The van der Waals surface area contributed by atoms with E-state index in [2.05, 4.69) is 119 Å². The number of nitrogens with zero attached hydrogens (tertiary/aromatic N) is 4. The topological polar surface area (TPSA) is 44.9 Å². The molecular formula is C41H40N4OS2. The average Bonchev–Trinajstić information content (AvgIpc) is 3.70. The first kappa shape index (κ1) is 32.1. The first-order valence-corrected chi connectivity index (χ1v) is 18.6. The fourth-order valence-corrected chi connectivity index (χ4v) is 8.39. The number of pyridine rings is 1. The molecule has 5 nitrogen and oxygen atoms in total. The zero-order valence-electron chi connectivity index (χ0n) is 28.8. The Morgan fingerprint density at radius 2 is 1.42 bits per heavy atom. The smallest absolute Gasteiger partial charge is 0.137 e. The number of fused-ring (bicyclic) bond motifs is 3. The van der Waals surface area contributed by atoms with E-state index >= 15 is 0 Å². The summed E-state index contributed by atoms with van der Waals surface area (Å²) < 4.78 is 10.7. The molecule has 0 bridgehead atoms. The van der Waals surface area contributed by atoms with Gasteiger partial charge >= 0.3 is 0 Å². The van der Waals surface area contributed by atoms with Crippen molar-refractivity contribution in [1.82, 2.24) is 19.3 Å². The van der Waals surface area contributed by atoms with Gasteiger partial charge in [0.25, 0.3) is 0 Å². The van der Waals surface area contributed by atoms with Crippen LogP contribution in [0.25, 0.3) is 44.4 Å². The van der Waals surface area contributed by atoms with Crippen LogP contribution >= 0.6 is 23.5 Å². The van der Waals surface area contributed by atoms with Gasteiger partial charge in [0.2, 0.25) is 0 Å². The molecule has 0 atom stereocenters. The monoisotopic (exact) mass is 668 g/mol. The summed E-state index contributed by atoms with van der Waals surface area (Å²) in [6.45, 7) is 13.4. The summed E-state index contributed by atoms with van der Waals surface area (Å²) in [7, 11) is 0. The van der Waals surface area contributed by atoms with Gasteiger partial charge in [-0.15, -0.1) is 23.5 Å². The Hall–Kier alpha value is -4.46. The number of hydrogen-bond donors (Lipinski definition) is 0. The van der Waals surface area contributed by atoms with Crippen molar-refractivity contribution in [3.8, 4) is 34.1 Å². The molecule has 0 aliphatic rings. The van der Waals surface area contributed by atoms with Gasteiger partial charge in [0.05, 0.1) is 22.9 Å². The van der Waals surface area contributed by atoms with E-state index < -0.39 is 0 Å². The summed E-state index contributed by atoms with van der Waals surface area (Å²) in [4.78, 5) is 7.45. The molecule has 48 heavy (non-hydrogen) atoms. The van der Waals surface area contributed by atoms with Gasteiger partial charge in [-0.25, -0.2) is 9.67 Å². The third-order valence-electron chi connectivity index (χ3n) is 9.34. The molecule has 7 aromatic rings. The molecular weight excluding hydrogens is 629 g/mol. The van der Waals surface area contributed by atoms with E-state index in [1.165, 1.54) is 43.0 Å². The Morgan fingerprint density at radius 3 is 2.15 bits per heavy atom. The van der Waals surface area contributed by atoms with Crippen molar-refractivity contribution in [2.75, 3.05) is 12.5 Å². The minimum atomic E-state index is 0.0115. The van der Waals surface area contributed by atoms with Crippen LogP contribution in [-0.2, 0) is 5.41 Å². The Labute approximate surface area is 291 Å². The molecule has 7 rings (SSSR count). The third-order valence-corrected chi connectivity index (χ3v) is 11.2. The number of benzene rings is 4. The van der Waals surface area contributed by atoms with E-state index in [-0.39, 0.29) is 5.41 Å². The largest absolute Gasteiger partial charge is 0.457 e.